The predicted octanol–water partition coefficient (Wildman–Crippen LogP) is 3.98. The summed E-state index contributed by atoms with van der Waals surface area (Å²) in [6.45, 7) is 4.32. The highest BCUT2D eigenvalue weighted by Gasteiger charge is 2.02. The number of pyridine rings is 1. The molecule has 0 radical (unpaired) electrons. The van der Waals surface area contributed by atoms with E-state index in [1.807, 2.05) is 18.2 Å². The second kappa shape index (κ2) is 5.37. The molecule has 0 saturated carbocycles. The van der Waals surface area contributed by atoms with Crippen molar-refractivity contribution in [3.63, 3.8) is 0 Å². The van der Waals surface area contributed by atoms with Crippen LogP contribution in [0.2, 0.25) is 0 Å². The number of rotatable bonds is 3. The standard InChI is InChI=1S/C16H15NO/c1-4-14-6-5-7-16(17-14)18-15-10-8-13(9-11-15)12(2)3/h1,5-12H,2-3H3. The Morgan fingerprint density at radius 2 is 1.83 bits per heavy atom. The minimum Gasteiger partial charge on any atom is -0.439 e. The van der Waals surface area contributed by atoms with E-state index in [9.17, 15) is 0 Å². The maximum Gasteiger partial charge on any atom is 0.220 e. The first-order chi connectivity index (χ1) is 8.69. The van der Waals surface area contributed by atoms with Crippen molar-refractivity contribution < 1.29 is 4.74 Å². The van der Waals surface area contributed by atoms with Crippen LogP contribution >= 0.6 is 0 Å². The van der Waals surface area contributed by atoms with Gasteiger partial charge in [-0.2, -0.15) is 0 Å². The molecule has 90 valence electrons. The van der Waals surface area contributed by atoms with Gasteiger partial charge < -0.3 is 4.74 Å². The highest BCUT2D eigenvalue weighted by Crippen LogP contribution is 2.22. The quantitative estimate of drug-likeness (QED) is 0.753. The molecule has 0 bridgehead atoms. The number of ether oxygens (including phenoxy) is 1. The number of hydrogen-bond donors (Lipinski definition) is 0. The summed E-state index contributed by atoms with van der Waals surface area (Å²) in [5.41, 5.74) is 1.86. The van der Waals surface area contributed by atoms with Crippen molar-refractivity contribution in [2.75, 3.05) is 0 Å². The van der Waals surface area contributed by atoms with Crippen LogP contribution < -0.4 is 4.74 Å². The van der Waals surface area contributed by atoms with Crippen molar-refractivity contribution in [1.82, 2.24) is 4.98 Å². The molecule has 18 heavy (non-hydrogen) atoms. The van der Waals surface area contributed by atoms with E-state index in [1.165, 1.54) is 5.56 Å². The molecule has 0 aliphatic heterocycles. The molecule has 0 N–H and O–H groups in total. The molecule has 0 amide bonds. The topological polar surface area (TPSA) is 22.1 Å². The number of terminal acetylenes is 1. The van der Waals surface area contributed by atoms with Crippen LogP contribution in [0.4, 0.5) is 0 Å². The Kier molecular flexibility index (Phi) is 3.64. The van der Waals surface area contributed by atoms with Crippen LogP contribution in [0.3, 0.4) is 0 Å². The molecule has 0 aliphatic rings. The minimum atomic E-state index is 0.516. The summed E-state index contributed by atoms with van der Waals surface area (Å²) in [4.78, 5) is 4.19. The average Bonchev–Trinajstić information content (AvgIpc) is 2.39. The van der Waals surface area contributed by atoms with Gasteiger partial charge in [0.25, 0.3) is 0 Å². The molecule has 2 rings (SSSR count). The molecule has 2 aromatic rings. The number of benzene rings is 1. The Morgan fingerprint density at radius 1 is 1.11 bits per heavy atom. The molecule has 0 spiro atoms. The number of aromatic nitrogens is 1. The highest BCUT2D eigenvalue weighted by molar-refractivity contribution is 5.33. The van der Waals surface area contributed by atoms with Gasteiger partial charge >= 0.3 is 0 Å². The lowest BCUT2D eigenvalue weighted by Gasteiger charge is -2.08. The Bertz CT molecular complexity index is 564. The molecule has 0 saturated heterocycles. The highest BCUT2D eigenvalue weighted by atomic mass is 16.5. The van der Waals surface area contributed by atoms with Gasteiger partial charge in [0.1, 0.15) is 11.4 Å². The fourth-order valence-electron chi connectivity index (χ4n) is 1.59. The van der Waals surface area contributed by atoms with Crippen LogP contribution in [0.5, 0.6) is 11.6 Å². The van der Waals surface area contributed by atoms with Crippen molar-refractivity contribution in [3.05, 3.63) is 53.7 Å². The van der Waals surface area contributed by atoms with Gasteiger partial charge in [0.05, 0.1) is 0 Å². The summed E-state index contributed by atoms with van der Waals surface area (Å²) < 4.78 is 5.65. The zero-order valence-electron chi connectivity index (χ0n) is 10.6. The predicted molar refractivity (Wildman–Crippen MR) is 72.8 cm³/mol. The van der Waals surface area contributed by atoms with Crippen LogP contribution in [0, 0.1) is 12.3 Å². The summed E-state index contributed by atoms with van der Waals surface area (Å²) in [6, 6.07) is 13.4. The first kappa shape index (κ1) is 12.2. The Hall–Kier alpha value is -2.27. The van der Waals surface area contributed by atoms with Crippen LogP contribution in [0.1, 0.15) is 31.0 Å². The smallest absolute Gasteiger partial charge is 0.220 e. The maximum absolute atomic E-state index is 5.65. The fourth-order valence-corrected chi connectivity index (χ4v) is 1.59. The lowest BCUT2D eigenvalue weighted by Crippen LogP contribution is -1.91. The molecular formula is C16H15NO. The van der Waals surface area contributed by atoms with Crippen molar-refractivity contribution in [1.29, 1.82) is 0 Å². The van der Waals surface area contributed by atoms with Crippen molar-refractivity contribution in [3.8, 4) is 24.0 Å². The molecule has 2 nitrogen and oxygen atoms in total. The van der Waals surface area contributed by atoms with Crippen molar-refractivity contribution in [2.24, 2.45) is 0 Å². The number of hydrogen-bond acceptors (Lipinski definition) is 2. The van der Waals surface area contributed by atoms with Crippen LogP contribution in [-0.4, -0.2) is 4.98 Å². The normalized spacial score (nSPS) is 10.1. The molecule has 2 heteroatoms. The van der Waals surface area contributed by atoms with E-state index in [2.05, 4.69) is 36.9 Å². The van der Waals surface area contributed by atoms with Gasteiger partial charge in [0.2, 0.25) is 5.88 Å². The SMILES string of the molecule is C#Cc1cccc(Oc2ccc(C(C)C)cc2)n1. The fraction of sp³-hybridized carbons (Fsp3) is 0.188. The van der Waals surface area contributed by atoms with Gasteiger partial charge in [-0.15, -0.1) is 6.42 Å². The summed E-state index contributed by atoms with van der Waals surface area (Å²) in [5.74, 6) is 4.28. The maximum atomic E-state index is 5.65. The van der Waals surface area contributed by atoms with Gasteiger partial charge in [-0.25, -0.2) is 4.98 Å². The van der Waals surface area contributed by atoms with Crippen LogP contribution in [-0.2, 0) is 0 Å². The first-order valence-corrected chi connectivity index (χ1v) is 5.90. The summed E-state index contributed by atoms with van der Waals surface area (Å²) in [6.07, 6.45) is 5.30. The Morgan fingerprint density at radius 3 is 2.44 bits per heavy atom. The molecule has 0 unspecified atom stereocenters. The third kappa shape index (κ3) is 2.89. The minimum absolute atomic E-state index is 0.516. The van der Waals surface area contributed by atoms with Gasteiger partial charge in [-0.3, -0.25) is 0 Å². The summed E-state index contributed by atoms with van der Waals surface area (Å²) >= 11 is 0. The molecule has 0 atom stereocenters. The average molecular weight is 237 g/mol. The molecule has 0 aliphatic carbocycles. The third-order valence-corrected chi connectivity index (χ3v) is 2.64. The van der Waals surface area contributed by atoms with Gasteiger partial charge in [-0.1, -0.05) is 38.0 Å². The van der Waals surface area contributed by atoms with E-state index in [1.54, 1.807) is 12.1 Å². The molecule has 1 aromatic carbocycles. The van der Waals surface area contributed by atoms with E-state index < -0.39 is 0 Å². The molecule has 0 fully saturated rings. The largest absolute Gasteiger partial charge is 0.439 e. The lowest BCUT2D eigenvalue weighted by molar-refractivity contribution is 0.462. The molecular weight excluding hydrogens is 222 g/mol. The summed E-state index contributed by atoms with van der Waals surface area (Å²) in [5, 5.41) is 0. The molecule has 1 aromatic heterocycles. The van der Waals surface area contributed by atoms with Crippen molar-refractivity contribution >= 4 is 0 Å². The molecule has 1 heterocycles. The summed E-state index contributed by atoms with van der Waals surface area (Å²) in [7, 11) is 0. The number of nitrogens with zero attached hydrogens (tertiary/aromatic N) is 1. The Balaban J connectivity index is 2.16. The van der Waals surface area contributed by atoms with Gasteiger partial charge in [0.15, 0.2) is 0 Å². The first-order valence-electron chi connectivity index (χ1n) is 5.90. The van der Waals surface area contributed by atoms with Gasteiger partial charge in [0, 0.05) is 6.07 Å². The second-order valence-corrected chi connectivity index (χ2v) is 4.33. The van der Waals surface area contributed by atoms with E-state index in [0.29, 0.717) is 17.5 Å². The van der Waals surface area contributed by atoms with Crippen LogP contribution in [0.15, 0.2) is 42.5 Å². The van der Waals surface area contributed by atoms with E-state index in [-0.39, 0.29) is 0 Å². The van der Waals surface area contributed by atoms with Crippen LogP contribution in [0.25, 0.3) is 0 Å². The zero-order chi connectivity index (χ0) is 13.0. The van der Waals surface area contributed by atoms with Gasteiger partial charge in [-0.05, 0) is 29.7 Å². The van der Waals surface area contributed by atoms with E-state index in [0.717, 1.165) is 5.75 Å². The lowest BCUT2D eigenvalue weighted by atomic mass is 10.0. The third-order valence-electron chi connectivity index (χ3n) is 2.64. The van der Waals surface area contributed by atoms with E-state index in [4.69, 9.17) is 11.2 Å². The van der Waals surface area contributed by atoms with E-state index >= 15 is 0 Å². The zero-order valence-corrected chi connectivity index (χ0v) is 10.6. The second-order valence-electron chi connectivity index (χ2n) is 4.33. The monoisotopic (exact) mass is 237 g/mol. The van der Waals surface area contributed by atoms with Crippen molar-refractivity contribution in [2.45, 2.75) is 19.8 Å². The Labute approximate surface area is 108 Å².